The van der Waals surface area contributed by atoms with Crippen LogP contribution in [0.1, 0.15) is 5.56 Å². The molecule has 4 N–H and O–H groups in total. The van der Waals surface area contributed by atoms with Gasteiger partial charge in [-0.1, -0.05) is 6.07 Å². The molecule has 0 spiro atoms. The fourth-order valence-electron chi connectivity index (χ4n) is 0.844. The molecule has 0 saturated carbocycles. The lowest BCUT2D eigenvalue weighted by Crippen LogP contribution is -1.88. The Balaban J connectivity index is 2.92. The van der Waals surface area contributed by atoms with Gasteiger partial charge in [0.2, 0.25) is 0 Å². The first-order valence-corrected chi connectivity index (χ1v) is 3.59. The first kappa shape index (κ1) is 9.12. The number of anilines is 1. The van der Waals surface area contributed by atoms with Crippen LogP contribution < -0.4 is 5.73 Å². The van der Waals surface area contributed by atoms with Crippen molar-refractivity contribution in [2.75, 3.05) is 5.73 Å². The summed E-state index contributed by atoms with van der Waals surface area (Å²) in [6.07, 6.45) is 2.41. The highest BCUT2D eigenvalue weighted by molar-refractivity contribution is 5.85. The summed E-state index contributed by atoms with van der Waals surface area (Å²) in [5, 5.41) is 17.4. The van der Waals surface area contributed by atoms with Crippen molar-refractivity contribution in [3.8, 4) is 5.75 Å². The molecule has 1 aromatic carbocycles. The van der Waals surface area contributed by atoms with Gasteiger partial charge in [0.1, 0.15) is 5.75 Å². The highest BCUT2D eigenvalue weighted by Crippen LogP contribution is 2.20. The quantitative estimate of drug-likeness (QED) is 0.360. The largest absolute Gasteiger partial charge is 0.506 e. The van der Waals surface area contributed by atoms with Crippen molar-refractivity contribution in [2.24, 2.45) is 0 Å². The predicted molar refractivity (Wildman–Crippen MR) is 49.2 cm³/mol. The van der Waals surface area contributed by atoms with Gasteiger partial charge in [-0.05, 0) is 23.8 Å². The smallest absolute Gasteiger partial charge is 0.328 e. The molecule has 0 amide bonds. The summed E-state index contributed by atoms with van der Waals surface area (Å²) >= 11 is 0. The third kappa shape index (κ3) is 2.52. The second kappa shape index (κ2) is 3.62. The molecule has 1 aromatic rings. The molecule has 4 heteroatoms. The van der Waals surface area contributed by atoms with Crippen LogP contribution in [-0.2, 0) is 4.79 Å². The molecule has 0 aromatic heterocycles. The number of nitrogen functional groups attached to an aromatic ring is 1. The molecule has 0 aliphatic carbocycles. The Bertz CT molecular complexity index is 358. The topological polar surface area (TPSA) is 83.6 Å². The SMILES string of the molecule is Nc1cc(/C=C/C(=O)O)ccc1O. The number of hydrogen-bond donors (Lipinski definition) is 3. The van der Waals surface area contributed by atoms with E-state index in [1.54, 1.807) is 6.07 Å². The van der Waals surface area contributed by atoms with Gasteiger partial charge in [0.05, 0.1) is 5.69 Å². The van der Waals surface area contributed by atoms with E-state index in [2.05, 4.69) is 0 Å². The third-order valence-electron chi connectivity index (χ3n) is 1.47. The van der Waals surface area contributed by atoms with Gasteiger partial charge in [-0.3, -0.25) is 0 Å². The monoisotopic (exact) mass is 179 g/mol. The molecule has 0 aliphatic heterocycles. The van der Waals surface area contributed by atoms with E-state index in [0.29, 0.717) is 5.56 Å². The molecule has 0 fully saturated rings. The number of rotatable bonds is 2. The lowest BCUT2D eigenvalue weighted by atomic mass is 10.2. The Kier molecular flexibility index (Phi) is 2.54. The van der Waals surface area contributed by atoms with Gasteiger partial charge in [-0.2, -0.15) is 0 Å². The zero-order valence-electron chi connectivity index (χ0n) is 6.77. The Morgan fingerprint density at radius 1 is 1.46 bits per heavy atom. The van der Waals surface area contributed by atoms with Crippen molar-refractivity contribution in [2.45, 2.75) is 0 Å². The Morgan fingerprint density at radius 2 is 2.15 bits per heavy atom. The number of aromatic hydroxyl groups is 1. The zero-order valence-corrected chi connectivity index (χ0v) is 6.77. The molecule has 0 saturated heterocycles. The van der Waals surface area contributed by atoms with E-state index in [1.165, 1.54) is 18.2 Å². The van der Waals surface area contributed by atoms with E-state index in [9.17, 15) is 4.79 Å². The standard InChI is InChI=1S/C9H9NO3/c10-7-5-6(1-3-8(7)11)2-4-9(12)13/h1-5,11H,10H2,(H,12,13)/b4-2+. The summed E-state index contributed by atoms with van der Waals surface area (Å²) in [5.74, 6) is -1.03. The number of benzene rings is 1. The Hall–Kier alpha value is -1.97. The van der Waals surface area contributed by atoms with E-state index >= 15 is 0 Å². The van der Waals surface area contributed by atoms with E-state index in [1.807, 2.05) is 0 Å². The maximum absolute atomic E-state index is 10.2. The Morgan fingerprint density at radius 3 is 2.69 bits per heavy atom. The van der Waals surface area contributed by atoms with Crippen molar-refractivity contribution >= 4 is 17.7 Å². The highest BCUT2D eigenvalue weighted by Gasteiger charge is 1.96. The van der Waals surface area contributed by atoms with Crippen LogP contribution in [0.15, 0.2) is 24.3 Å². The number of carbonyl (C=O) groups is 1. The maximum Gasteiger partial charge on any atom is 0.328 e. The maximum atomic E-state index is 10.2. The summed E-state index contributed by atoms with van der Waals surface area (Å²) in [6.45, 7) is 0. The molecule has 13 heavy (non-hydrogen) atoms. The number of carboxylic acids is 1. The predicted octanol–water partition coefficient (Wildman–Crippen LogP) is 1.07. The van der Waals surface area contributed by atoms with Crippen LogP contribution in [-0.4, -0.2) is 16.2 Å². The van der Waals surface area contributed by atoms with Gasteiger partial charge in [-0.15, -0.1) is 0 Å². The minimum atomic E-state index is -1.02. The van der Waals surface area contributed by atoms with Gasteiger partial charge in [0.25, 0.3) is 0 Å². The van der Waals surface area contributed by atoms with Gasteiger partial charge in [0, 0.05) is 6.08 Å². The van der Waals surface area contributed by atoms with E-state index < -0.39 is 5.97 Å². The molecule has 0 atom stereocenters. The summed E-state index contributed by atoms with van der Waals surface area (Å²) in [7, 11) is 0. The summed E-state index contributed by atoms with van der Waals surface area (Å²) in [6, 6.07) is 4.48. The van der Waals surface area contributed by atoms with Crippen molar-refractivity contribution in [3.63, 3.8) is 0 Å². The first-order valence-electron chi connectivity index (χ1n) is 3.59. The second-order valence-corrected chi connectivity index (χ2v) is 2.49. The minimum Gasteiger partial charge on any atom is -0.506 e. The van der Waals surface area contributed by atoms with Crippen LogP contribution in [0.2, 0.25) is 0 Å². The first-order chi connectivity index (χ1) is 6.09. The lowest BCUT2D eigenvalue weighted by molar-refractivity contribution is -0.131. The van der Waals surface area contributed by atoms with Crippen LogP contribution in [0.25, 0.3) is 6.08 Å². The summed E-state index contributed by atoms with van der Waals surface area (Å²) < 4.78 is 0. The number of hydrogen-bond acceptors (Lipinski definition) is 3. The molecule has 1 rings (SSSR count). The summed E-state index contributed by atoms with van der Waals surface area (Å²) in [5.41, 5.74) is 6.26. The molecule has 68 valence electrons. The molecule has 0 heterocycles. The van der Waals surface area contributed by atoms with Crippen LogP contribution in [0.3, 0.4) is 0 Å². The highest BCUT2D eigenvalue weighted by atomic mass is 16.4. The number of carboxylic acid groups (broad SMARTS) is 1. The fourth-order valence-corrected chi connectivity index (χ4v) is 0.844. The molecule has 0 aliphatic rings. The van der Waals surface area contributed by atoms with Crippen LogP contribution in [0, 0.1) is 0 Å². The van der Waals surface area contributed by atoms with Crippen molar-refractivity contribution in [1.82, 2.24) is 0 Å². The van der Waals surface area contributed by atoms with Crippen molar-refractivity contribution in [3.05, 3.63) is 29.8 Å². The average Bonchev–Trinajstić information content (AvgIpc) is 2.07. The lowest BCUT2D eigenvalue weighted by Gasteiger charge is -1.98. The normalized spacial score (nSPS) is 10.5. The van der Waals surface area contributed by atoms with E-state index in [0.717, 1.165) is 6.08 Å². The van der Waals surface area contributed by atoms with Gasteiger partial charge in [-0.25, -0.2) is 4.79 Å². The van der Waals surface area contributed by atoms with E-state index in [-0.39, 0.29) is 11.4 Å². The molecular weight excluding hydrogens is 170 g/mol. The molecule has 0 unspecified atom stereocenters. The van der Waals surface area contributed by atoms with Crippen LogP contribution in [0.4, 0.5) is 5.69 Å². The second-order valence-electron chi connectivity index (χ2n) is 2.49. The minimum absolute atomic E-state index is 0.00697. The summed E-state index contributed by atoms with van der Waals surface area (Å²) in [4.78, 5) is 10.2. The number of aliphatic carboxylic acids is 1. The Labute approximate surface area is 74.9 Å². The van der Waals surface area contributed by atoms with E-state index in [4.69, 9.17) is 15.9 Å². The third-order valence-corrected chi connectivity index (χ3v) is 1.47. The average molecular weight is 179 g/mol. The fraction of sp³-hybridized carbons (Fsp3) is 0. The number of phenolic OH excluding ortho intramolecular Hbond substituents is 1. The number of phenols is 1. The molecule has 0 bridgehead atoms. The molecular formula is C9H9NO3. The van der Waals surface area contributed by atoms with Crippen LogP contribution in [0.5, 0.6) is 5.75 Å². The van der Waals surface area contributed by atoms with Crippen molar-refractivity contribution < 1.29 is 15.0 Å². The van der Waals surface area contributed by atoms with Gasteiger partial charge < -0.3 is 15.9 Å². The number of nitrogens with two attached hydrogens (primary N) is 1. The van der Waals surface area contributed by atoms with Crippen molar-refractivity contribution in [1.29, 1.82) is 0 Å². The molecule has 4 nitrogen and oxygen atoms in total. The zero-order chi connectivity index (χ0) is 9.84. The molecule has 0 radical (unpaired) electrons. The van der Waals surface area contributed by atoms with Gasteiger partial charge >= 0.3 is 5.97 Å². The van der Waals surface area contributed by atoms with Crippen LogP contribution >= 0.6 is 0 Å². The van der Waals surface area contributed by atoms with Gasteiger partial charge in [0.15, 0.2) is 0 Å².